The van der Waals surface area contributed by atoms with Crippen LogP contribution >= 0.6 is 23.2 Å². The van der Waals surface area contributed by atoms with E-state index < -0.39 is 0 Å². The van der Waals surface area contributed by atoms with E-state index in [1.165, 1.54) is 0 Å². The van der Waals surface area contributed by atoms with Gasteiger partial charge in [-0.3, -0.25) is 4.79 Å². The maximum atomic E-state index is 12.1. The monoisotopic (exact) mass is 292 g/mol. The Labute approximate surface area is 123 Å². The molecule has 19 heavy (non-hydrogen) atoms. The Bertz CT molecular complexity index is 605. The predicted molar refractivity (Wildman–Crippen MR) is 80.1 cm³/mol. The third-order valence-electron chi connectivity index (χ3n) is 3.03. The molecule has 0 unspecified atom stereocenters. The van der Waals surface area contributed by atoms with Gasteiger partial charge in [0.05, 0.1) is 10.0 Å². The largest absolute Gasteiger partial charge is 0.299 e. The summed E-state index contributed by atoms with van der Waals surface area (Å²) in [7, 11) is 0. The Hall–Kier alpha value is -1.31. The molecular formula is C16H14Cl2O. The second-order valence-electron chi connectivity index (χ2n) is 4.57. The average molecular weight is 293 g/mol. The maximum absolute atomic E-state index is 12.1. The minimum Gasteiger partial charge on any atom is -0.299 e. The zero-order valence-electron chi connectivity index (χ0n) is 10.6. The number of carbonyl (C=O) groups is 1. The molecule has 2 aromatic carbocycles. The molecule has 3 heteroatoms. The van der Waals surface area contributed by atoms with Crippen molar-refractivity contribution in [2.24, 2.45) is 0 Å². The topological polar surface area (TPSA) is 17.1 Å². The first-order valence-electron chi connectivity index (χ1n) is 6.06. The fourth-order valence-electron chi connectivity index (χ4n) is 1.96. The van der Waals surface area contributed by atoms with E-state index in [2.05, 4.69) is 0 Å². The summed E-state index contributed by atoms with van der Waals surface area (Å²) in [5.41, 5.74) is 3.12. The van der Waals surface area contributed by atoms with E-state index in [4.69, 9.17) is 23.2 Å². The van der Waals surface area contributed by atoms with Gasteiger partial charge in [0.1, 0.15) is 5.78 Å². The molecule has 0 bridgehead atoms. The lowest BCUT2D eigenvalue weighted by Gasteiger charge is -2.06. The van der Waals surface area contributed by atoms with E-state index in [9.17, 15) is 4.79 Å². The SMILES string of the molecule is Cc1ccccc1CC(=O)Cc1ccc(Cl)c(Cl)c1. The zero-order valence-corrected chi connectivity index (χ0v) is 12.1. The summed E-state index contributed by atoms with van der Waals surface area (Å²) in [6.07, 6.45) is 0.831. The number of benzene rings is 2. The minimum absolute atomic E-state index is 0.174. The Morgan fingerprint density at radius 2 is 1.74 bits per heavy atom. The Balaban J connectivity index is 2.05. The lowest BCUT2D eigenvalue weighted by molar-refractivity contribution is -0.117. The van der Waals surface area contributed by atoms with Gasteiger partial charge >= 0.3 is 0 Å². The maximum Gasteiger partial charge on any atom is 0.141 e. The lowest BCUT2D eigenvalue weighted by atomic mass is 10.00. The molecule has 0 aliphatic rings. The molecule has 0 atom stereocenters. The van der Waals surface area contributed by atoms with Gasteiger partial charge in [-0.25, -0.2) is 0 Å². The van der Waals surface area contributed by atoms with E-state index in [0.29, 0.717) is 22.9 Å². The smallest absolute Gasteiger partial charge is 0.141 e. The first-order valence-corrected chi connectivity index (χ1v) is 6.82. The van der Waals surface area contributed by atoms with Crippen LogP contribution in [0, 0.1) is 6.92 Å². The average Bonchev–Trinajstić information content (AvgIpc) is 2.37. The molecule has 0 saturated carbocycles. The molecule has 0 aliphatic carbocycles. The molecule has 0 aromatic heterocycles. The van der Waals surface area contributed by atoms with Crippen molar-refractivity contribution in [2.75, 3.05) is 0 Å². The summed E-state index contributed by atoms with van der Waals surface area (Å²) < 4.78 is 0. The molecule has 0 N–H and O–H groups in total. The molecule has 2 aromatic rings. The van der Waals surface area contributed by atoms with E-state index in [1.54, 1.807) is 12.1 Å². The number of hydrogen-bond acceptors (Lipinski definition) is 1. The second-order valence-corrected chi connectivity index (χ2v) is 5.38. The van der Waals surface area contributed by atoms with Crippen molar-refractivity contribution in [3.05, 3.63) is 69.2 Å². The number of hydrogen-bond donors (Lipinski definition) is 0. The second kappa shape index (κ2) is 6.23. The zero-order chi connectivity index (χ0) is 13.8. The quantitative estimate of drug-likeness (QED) is 0.801. The molecule has 2 rings (SSSR count). The van der Waals surface area contributed by atoms with Gasteiger partial charge in [-0.2, -0.15) is 0 Å². The van der Waals surface area contributed by atoms with Gasteiger partial charge < -0.3 is 0 Å². The predicted octanol–water partition coefficient (Wildman–Crippen LogP) is 4.66. The summed E-state index contributed by atoms with van der Waals surface area (Å²) in [6, 6.07) is 13.2. The Morgan fingerprint density at radius 1 is 1.00 bits per heavy atom. The number of ketones is 1. The number of Topliss-reactive ketones (excluding diaryl/α,β-unsaturated/α-hetero) is 1. The van der Waals surface area contributed by atoms with Gasteiger partial charge in [0.25, 0.3) is 0 Å². The fraction of sp³-hybridized carbons (Fsp3) is 0.188. The third kappa shape index (κ3) is 3.82. The number of aryl methyl sites for hydroxylation is 1. The van der Waals surface area contributed by atoms with Crippen LogP contribution in [-0.4, -0.2) is 5.78 Å². The van der Waals surface area contributed by atoms with Crippen LogP contribution in [0.4, 0.5) is 0 Å². The number of rotatable bonds is 4. The van der Waals surface area contributed by atoms with Crippen molar-refractivity contribution in [2.45, 2.75) is 19.8 Å². The van der Waals surface area contributed by atoms with Gasteiger partial charge in [-0.15, -0.1) is 0 Å². The van der Waals surface area contributed by atoms with E-state index in [1.807, 2.05) is 37.3 Å². The molecule has 0 saturated heterocycles. The van der Waals surface area contributed by atoms with Crippen molar-refractivity contribution in [1.29, 1.82) is 0 Å². The van der Waals surface area contributed by atoms with E-state index in [-0.39, 0.29) is 5.78 Å². The summed E-state index contributed by atoms with van der Waals surface area (Å²) in [5.74, 6) is 0.174. The van der Waals surface area contributed by atoms with Gasteiger partial charge in [0.15, 0.2) is 0 Å². The van der Waals surface area contributed by atoms with Gasteiger partial charge in [-0.05, 0) is 35.7 Å². The van der Waals surface area contributed by atoms with Gasteiger partial charge in [0.2, 0.25) is 0 Å². The molecular weight excluding hydrogens is 279 g/mol. The van der Waals surface area contributed by atoms with E-state index >= 15 is 0 Å². The van der Waals surface area contributed by atoms with Crippen LogP contribution in [0.1, 0.15) is 16.7 Å². The molecule has 98 valence electrons. The van der Waals surface area contributed by atoms with Crippen molar-refractivity contribution in [3.8, 4) is 0 Å². The van der Waals surface area contributed by atoms with Crippen LogP contribution < -0.4 is 0 Å². The van der Waals surface area contributed by atoms with Crippen LogP contribution in [0.15, 0.2) is 42.5 Å². The Morgan fingerprint density at radius 3 is 2.42 bits per heavy atom. The molecule has 0 aliphatic heterocycles. The molecule has 0 fully saturated rings. The highest BCUT2D eigenvalue weighted by Gasteiger charge is 2.08. The van der Waals surface area contributed by atoms with Crippen LogP contribution in [0.5, 0.6) is 0 Å². The van der Waals surface area contributed by atoms with Crippen LogP contribution in [-0.2, 0) is 17.6 Å². The van der Waals surface area contributed by atoms with Crippen molar-refractivity contribution < 1.29 is 4.79 Å². The summed E-state index contributed by atoms with van der Waals surface area (Å²) in [5, 5.41) is 1.000. The van der Waals surface area contributed by atoms with Crippen LogP contribution in [0.25, 0.3) is 0 Å². The van der Waals surface area contributed by atoms with Gasteiger partial charge in [-0.1, -0.05) is 53.5 Å². The van der Waals surface area contributed by atoms with Crippen molar-refractivity contribution in [3.63, 3.8) is 0 Å². The number of carbonyl (C=O) groups excluding carboxylic acids is 1. The summed E-state index contributed by atoms with van der Waals surface area (Å²) in [6.45, 7) is 2.02. The minimum atomic E-state index is 0.174. The molecule has 1 nitrogen and oxygen atoms in total. The van der Waals surface area contributed by atoms with Crippen LogP contribution in [0.2, 0.25) is 10.0 Å². The van der Waals surface area contributed by atoms with Crippen LogP contribution in [0.3, 0.4) is 0 Å². The van der Waals surface area contributed by atoms with Gasteiger partial charge in [0, 0.05) is 12.8 Å². The summed E-state index contributed by atoms with van der Waals surface area (Å²) in [4.78, 5) is 12.1. The summed E-state index contributed by atoms with van der Waals surface area (Å²) >= 11 is 11.8. The third-order valence-corrected chi connectivity index (χ3v) is 3.77. The molecule has 0 amide bonds. The molecule has 0 radical (unpaired) electrons. The highest BCUT2D eigenvalue weighted by atomic mass is 35.5. The fourth-order valence-corrected chi connectivity index (χ4v) is 2.28. The first kappa shape index (κ1) is 14.1. The Kier molecular flexibility index (Phi) is 4.62. The van der Waals surface area contributed by atoms with E-state index in [0.717, 1.165) is 16.7 Å². The molecule has 0 spiro atoms. The lowest BCUT2D eigenvalue weighted by Crippen LogP contribution is -2.07. The number of halogens is 2. The molecule has 0 heterocycles. The van der Waals surface area contributed by atoms with Crippen molar-refractivity contribution in [1.82, 2.24) is 0 Å². The standard InChI is InChI=1S/C16H14Cl2O/c1-11-4-2-3-5-13(11)10-14(19)8-12-6-7-15(17)16(18)9-12/h2-7,9H,8,10H2,1H3. The highest BCUT2D eigenvalue weighted by Crippen LogP contribution is 2.23. The van der Waals surface area contributed by atoms with Crippen molar-refractivity contribution >= 4 is 29.0 Å². The first-order chi connectivity index (χ1) is 9.06. The normalized spacial score (nSPS) is 10.5. The highest BCUT2D eigenvalue weighted by molar-refractivity contribution is 6.42.